The van der Waals surface area contributed by atoms with E-state index in [-0.39, 0.29) is 18.3 Å². The predicted molar refractivity (Wildman–Crippen MR) is 103 cm³/mol. The summed E-state index contributed by atoms with van der Waals surface area (Å²) in [5, 5.41) is 2.41. The average molecular weight is 339 g/mol. The summed E-state index contributed by atoms with van der Waals surface area (Å²) in [5.41, 5.74) is 1.70. The summed E-state index contributed by atoms with van der Waals surface area (Å²) in [5.74, 6) is 0. The highest BCUT2D eigenvalue weighted by Crippen LogP contribution is 2.37. The molecule has 25 heavy (non-hydrogen) atoms. The van der Waals surface area contributed by atoms with Crippen LogP contribution in [0.5, 0.6) is 0 Å². The third-order valence-electron chi connectivity index (χ3n) is 5.78. The van der Waals surface area contributed by atoms with Crippen molar-refractivity contribution in [3.8, 4) is 0 Å². The van der Waals surface area contributed by atoms with E-state index in [0.29, 0.717) is 0 Å². The number of ether oxygens (including phenoxy) is 1. The van der Waals surface area contributed by atoms with Crippen LogP contribution in [-0.4, -0.2) is 44.6 Å². The smallest absolute Gasteiger partial charge is 0.399 e. The van der Waals surface area contributed by atoms with Gasteiger partial charge < -0.3 is 18.9 Å². The lowest BCUT2D eigenvalue weighted by Gasteiger charge is -2.32. The maximum absolute atomic E-state index is 6.26. The van der Waals surface area contributed by atoms with Gasteiger partial charge in [-0.2, -0.15) is 0 Å². The SMILES string of the molecule is CC1(C)OB(c2cccc3cc(N4CCOCC4)ccc23)OC1(C)C. The molecular formula is C20H26BNO3. The molecule has 0 saturated carbocycles. The van der Waals surface area contributed by atoms with Gasteiger partial charge in [-0.05, 0) is 56.1 Å². The Hall–Kier alpha value is -1.56. The molecule has 4 rings (SSSR count). The molecule has 2 saturated heterocycles. The molecule has 0 radical (unpaired) electrons. The Morgan fingerprint density at radius 1 is 0.920 bits per heavy atom. The van der Waals surface area contributed by atoms with Gasteiger partial charge in [0.15, 0.2) is 0 Å². The highest BCUT2D eigenvalue weighted by Gasteiger charge is 2.52. The lowest BCUT2D eigenvalue weighted by atomic mass is 9.76. The monoisotopic (exact) mass is 339 g/mol. The van der Waals surface area contributed by atoms with Crippen molar-refractivity contribution in [1.29, 1.82) is 0 Å². The van der Waals surface area contributed by atoms with Crippen LogP contribution in [0.25, 0.3) is 10.8 Å². The van der Waals surface area contributed by atoms with Gasteiger partial charge in [-0.15, -0.1) is 0 Å². The van der Waals surface area contributed by atoms with Crippen molar-refractivity contribution in [2.75, 3.05) is 31.2 Å². The largest absolute Gasteiger partial charge is 0.495 e. The summed E-state index contributed by atoms with van der Waals surface area (Å²) >= 11 is 0. The van der Waals surface area contributed by atoms with E-state index >= 15 is 0 Å². The summed E-state index contributed by atoms with van der Waals surface area (Å²) in [6.45, 7) is 11.9. The lowest BCUT2D eigenvalue weighted by molar-refractivity contribution is 0.00578. The van der Waals surface area contributed by atoms with E-state index in [1.54, 1.807) is 0 Å². The maximum atomic E-state index is 6.26. The van der Waals surface area contributed by atoms with Gasteiger partial charge in [-0.25, -0.2) is 0 Å². The molecular weight excluding hydrogens is 313 g/mol. The van der Waals surface area contributed by atoms with E-state index in [2.05, 4.69) is 69.0 Å². The van der Waals surface area contributed by atoms with Gasteiger partial charge in [-0.1, -0.05) is 24.3 Å². The average Bonchev–Trinajstić information content (AvgIpc) is 2.82. The zero-order valence-corrected chi connectivity index (χ0v) is 15.5. The van der Waals surface area contributed by atoms with E-state index in [0.717, 1.165) is 31.8 Å². The van der Waals surface area contributed by atoms with E-state index in [9.17, 15) is 0 Å². The Balaban J connectivity index is 1.69. The third-order valence-corrected chi connectivity index (χ3v) is 5.78. The minimum Gasteiger partial charge on any atom is -0.399 e. The van der Waals surface area contributed by atoms with E-state index in [1.165, 1.54) is 16.5 Å². The molecule has 0 bridgehead atoms. The van der Waals surface area contributed by atoms with Gasteiger partial charge in [0.2, 0.25) is 0 Å². The van der Waals surface area contributed by atoms with Crippen molar-refractivity contribution in [3.63, 3.8) is 0 Å². The molecule has 0 atom stereocenters. The van der Waals surface area contributed by atoms with Crippen molar-refractivity contribution in [2.24, 2.45) is 0 Å². The second-order valence-corrected chi connectivity index (χ2v) is 7.94. The van der Waals surface area contributed by atoms with Crippen LogP contribution in [-0.2, 0) is 14.0 Å². The Bertz CT molecular complexity index is 768. The number of benzene rings is 2. The number of hydrogen-bond donors (Lipinski definition) is 0. The van der Waals surface area contributed by atoms with Crippen LogP contribution in [0.2, 0.25) is 0 Å². The van der Waals surface area contributed by atoms with Gasteiger partial charge in [-0.3, -0.25) is 0 Å². The first kappa shape index (κ1) is 16.9. The normalized spacial score (nSPS) is 22.6. The fourth-order valence-electron chi connectivity index (χ4n) is 3.49. The molecule has 132 valence electrons. The molecule has 2 aromatic carbocycles. The topological polar surface area (TPSA) is 30.9 Å². The van der Waals surface area contributed by atoms with Crippen molar-refractivity contribution >= 4 is 29.0 Å². The second-order valence-electron chi connectivity index (χ2n) is 7.94. The molecule has 2 fully saturated rings. The van der Waals surface area contributed by atoms with Crippen molar-refractivity contribution < 1.29 is 14.0 Å². The summed E-state index contributed by atoms with van der Waals surface area (Å²) < 4.78 is 18.0. The van der Waals surface area contributed by atoms with Gasteiger partial charge in [0.05, 0.1) is 24.4 Å². The van der Waals surface area contributed by atoms with Crippen LogP contribution in [0.3, 0.4) is 0 Å². The first-order valence-corrected chi connectivity index (χ1v) is 9.08. The van der Waals surface area contributed by atoms with Crippen LogP contribution in [0.4, 0.5) is 5.69 Å². The number of morpholine rings is 1. The zero-order chi connectivity index (χ0) is 17.7. The minimum absolute atomic E-state index is 0.326. The Kier molecular flexibility index (Phi) is 4.06. The third kappa shape index (κ3) is 2.94. The highest BCUT2D eigenvalue weighted by molar-refractivity contribution is 6.65. The van der Waals surface area contributed by atoms with Crippen molar-refractivity contribution in [2.45, 2.75) is 38.9 Å². The van der Waals surface area contributed by atoms with Gasteiger partial charge in [0, 0.05) is 18.8 Å². The molecule has 0 N–H and O–H groups in total. The molecule has 0 amide bonds. The fraction of sp³-hybridized carbons (Fsp3) is 0.500. The van der Waals surface area contributed by atoms with E-state index in [4.69, 9.17) is 14.0 Å². The number of nitrogens with zero attached hydrogens (tertiary/aromatic N) is 1. The van der Waals surface area contributed by atoms with Gasteiger partial charge >= 0.3 is 7.12 Å². The fourth-order valence-corrected chi connectivity index (χ4v) is 3.49. The van der Waals surface area contributed by atoms with Gasteiger partial charge in [0.25, 0.3) is 0 Å². The predicted octanol–water partition coefficient (Wildman–Crippen LogP) is 2.98. The molecule has 0 aliphatic carbocycles. The molecule has 0 aromatic heterocycles. The summed E-state index contributed by atoms with van der Waals surface area (Å²) in [4.78, 5) is 2.38. The van der Waals surface area contributed by atoms with Crippen LogP contribution in [0, 0.1) is 0 Å². The Morgan fingerprint density at radius 3 is 2.28 bits per heavy atom. The molecule has 4 nitrogen and oxygen atoms in total. The number of fused-ring (bicyclic) bond motifs is 1. The molecule has 2 heterocycles. The van der Waals surface area contributed by atoms with Crippen LogP contribution < -0.4 is 10.4 Å². The summed E-state index contributed by atoms with van der Waals surface area (Å²) in [6, 6.07) is 13.0. The lowest BCUT2D eigenvalue weighted by Crippen LogP contribution is -2.41. The molecule has 0 spiro atoms. The maximum Gasteiger partial charge on any atom is 0.495 e. The molecule has 2 aliphatic heterocycles. The van der Waals surface area contributed by atoms with E-state index in [1.807, 2.05) is 0 Å². The summed E-state index contributed by atoms with van der Waals surface area (Å²) in [6.07, 6.45) is 0. The number of rotatable bonds is 2. The molecule has 0 unspecified atom stereocenters. The first-order valence-electron chi connectivity index (χ1n) is 9.08. The molecule has 2 aromatic rings. The Morgan fingerprint density at radius 2 is 1.60 bits per heavy atom. The van der Waals surface area contributed by atoms with E-state index < -0.39 is 0 Å². The number of anilines is 1. The van der Waals surface area contributed by atoms with Crippen LogP contribution in [0.15, 0.2) is 36.4 Å². The second kappa shape index (κ2) is 6.01. The Labute approximate surface area is 150 Å². The van der Waals surface area contributed by atoms with Gasteiger partial charge in [0.1, 0.15) is 0 Å². The summed E-state index contributed by atoms with van der Waals surface area (Å²) in [7, 11) is -0.331. The van der Waals surface area contributed by atoms with Crippen molar-refractivity contribution in [3.05, 3.63) is 36.4 Å². The zero-order valence-electron chi connectivity index (χ0n) is 15.5. The quantitative estimate of drug-likeness (QED) is 0.787. The van der Waals surface area contributed by atoms with Crippen LogP contribution in [0.1, 0.15) is 27.7 Å². The molecule has 2 aliphatic rings. The standard InChI is InChI=1S/C20H26BNO3/c1-19(2)20(3,4)25-21(24-19)18-7-5-6-15-14-16(8-9-17(15)18)22-10-12-23-13-11-22/h5-9,14H,10-13H2,1-4H3. The van der Waals surface area contributed by atoms with Crippen LogP contribution >= 0.6 is 0 Å². The number of hydrogen-bond acceptors (Lipinski definition) is 4. The molecule has 5 heteroatoms. The minimum atomic E-state index is -0.331. The highest BCUT2D eigenvalue weighted by atomic mass is 16.7. The first-order chi connectivity index (χ1) is 11.9. The van der Waals surface area contributed by atoms with Crippen molar-refractivity contribution in [1.82, 2.24) is 0 Å².